The monoisotopic (exact) mass is 271 g/mol. The van der Waals surface area contributed by atoms with Crippen LogP contribution in [-0.4, -0.2) is 17.5 Å². The van der Waals surface area contributed by atoms with Crippen molar-refractivity contribution in [3.63, 3.8) is 0 Å². The SMILES string of the molecule is O=Cc1cc(NC(=O)OCc2ccccc2)ccc1O. The molecule has 0 heterocycles. The van der Waals surface area contributed by atoms with Crippen molar-refractivity contribution in [2.24, 2.45) is 0 Å². The Hall–Kier alpha value is -2.82. The number of ether oxygens (including phenoxy) is 1. The summed E-state index contributed by atoms with van der Waals surface area (Å²) >= 11 is 0. The zero-order chi connectivity index (χ0) is 14.4. The van der Waals surface area contributed by atoms with Crippen LogP contribution in [0.15, 0.2) is 48.5 Å². The zero-order valence-electron chi connectivity index (χ0n) is 10.6. The van der Waals surface area contributed by atoms with Crippen LogP contribution in [-0.2, 0) is 11.3 Å². The third kappa shape index (κ3) is 3.58. The number of aldehydes is 1. The fourth-order valence-electron chi connectivity index (χ4n) is 1.60. The van der Waals surface area contributed by atoms with Crippen LogP contribution in [0, 0.1) is 0 Å². The van der Waals surface area contributed by atoms with Crippen molar-refractivity contribution in [2.45, 2.75) is 6.61 Å². The fourth-order valence-corrected chi connectivity index (χ4v) is 1.60. The normalized spacial score (nSPS) is 9.80. The van der Waals surface area contributed by atoms with E-state index in [1.807, 2.05) is 30.3 Å². The molecule has 1 amide bonds. The summed E-state index contributed by atoms with van der Waals surface area (Å²) in [5.41, 5.74) is 1.36. The van der Waals surface area contributed by atoms with Gasteiger partial charge in [0.05, 0.1) is 5.56 Å². The lowest BCUT2D eigenvalue weighted by Crippen LogP contribution is -2.13. The molecule has 0 aliphatic carbocycles. The van der Waals surface area contributed by atoms with Gasteiger partial charge in [-0.3, -0.25) is 10.1 Å². The maximum Gasteiger partial charge on any atom is 0.411 e. The minimum atomic E-state index is -0.628. The number of phenols is 1. The molecular weight excluding hydrogens is 258 g/mol. The molecule has 20 heavy (non-hydrogen) atoms. The van der Waals surface area contributed by atoms with Crippen molar-refractivity contribution in [1.82, 2.24) is 0 Å². The molecule has 2 N–H and O–H groups in total. The van der Waals surface area contributed by atoms with Gasteiger partial charge in [0.25, 0.3) is 0 Å². The highest BCUT2D eigenvalue weighted by Crippen LogP contribution is 2.19. The second-order valence-electron chi connectivity index (χ2n) is 4.08. The number of anilines is 1. The van der Waals surface area contributed by atoms with E-state index in [2.05, 4.69) is 5.32 Å². The lowest BCUT2D eigenvalue weighted by molar-refractivity contribution is 0.112. The van der Waals surface area contributed by atoms with Crippen molar-refractivity contribution < 1.29 is 19.4 Å². The van der Waals surface area contributed by atoms with Gasteiger partial charge in [-0.2, -0.15) is 0 Å². The molecule has 0 spiro atoms. The Kier molecular flexibility index (Phi) is 4.34. The van der Waals surface area contributed by atoms with E-state index < -0.39 is 6.09 Å². The molecule has 2 rings (SSSR count). The van der Waals surface area contributed by atoms with Gasteiger partial charge in [0.2, 0.25) is 0 Å². The van der Waals surface area contributed by atoms with Gasteiger partial charge in [-0.25, -0.2) is 4.79 Å². The molecule has 2 aromatic carbocycles. The molecule has 0 bridgehead atoms. The second kappa shape index (κ2) is 6.38. The molecule has 2 aromatic rings. The summed E-state index contributed by atoms with van der Waals surface area (Å²) in [6, 6.07) is 13.5. The largest absolute Gasteiger partial charge is 0.507 e. The van der Waals surface area contributed by atoms with E-state index in [0.717, 1.165) is 5.56 Å². The number of carbonyl (C=O) groups excluding carboxylic acids is 2. The molecule has 0 saturated heterocycles. The molecule has 0 radical (unpaired) electrons. The van der Waals surface area contributed by atoms with Crippen molar-refractivity contribution in [3.05, 3.63) is 59.7 Å². The minimum absolute atomic E-state index is 0.103. The van der Waals surface area contributed by atoms with E-state index in [1.54, 1.807) is 0 Å². The molecule has 5 heteroatoms. The first-order chi connectivity index (χ1) is 9.69. The molecular formula is C15H13NO4. The van der Waals surface area contributed by atoms with Crippen molar-refractivity contribution in [1.29, 1.82) is 0 Å². The first-order valence-corrected chi connectivity index (χ1v) is 5.95. The molecule has 0 saturated carbocycles. The molecule has 0 aliphatic rings. The Bertz CT molecular complexity index is 611. The number of phenolic OH excluding ortho intramolecular Hbond substituents is 1. The predicted molar refractivity (Wildman–Crippen MR) is 73.7 cm³/mol. The van der Waals surface area contributed by atoms with Gasteiger partial charge in [0.1, 0.15) is 12.4 Å². The van der Waals surface area contributed by atoms with Crippen LogP contribution >= 0.6 is 0 Å². The molecule has 5 nitrogen and oxygen atoms in total. The summed E-state index contributed by atoms with van der Waals surface area (Å²) in [7, 11) is 0. The number of hydrogen-bond acceptors (Lipinski definition) is 4. The Balaban J connectivity index is 1.93. The van der Waals surface area contributed by atoms with E-state index in [-0.39, 0.29) is 17.9 Å². The van der Waals surface area contributed by atoms with Gasteiger partial charge in [0.15, 0.2) is 6.29 Å². The zero-order valence-corrected chi connectivity index (χ0v) is 10.6. The van der Waals surface area contributed by atoms with Crippen LogP contribution in [0.3, 0.4) is 0 Å². The predicted octanol–water partition coefficient (Wildman–Crippen LogP) is 2.95. The highest BCUT2D eigenvalue weighted by Gasteiger charge is 2.06. The number of hydrogen-bond donors (Lipinski definition) is 2. The lowest BCUT2D eigenvalue weighted by atomic mass is 10.2. The molecule has 0 aromatic heterocycles. The van der Waals surface area contributed by atoms with Crippen molar-refractivity contribution in [3.8, 4) is 5.75 Å². The summed E-state index contributed by atoms with van der Waals surface area (Å²) < 4.78 is 5.03. The minimum Gasteiger partial charge on any atom is -0.507 e. The Morgan fingerprint density at radius 2 is 1.95 bits per heavy atom. The van der Waals surface area contributed by atoms with E-state index in [1.165, 1.54) is 18.2 Å². The highest BCUT2D eigenvalue weighted by molar-refractivity contribution is 5.88. The van der Waals surface area contributed by atoms with Gasteiger partial charge in [-0.15, -0.1) is 0 Å². The topological polar surface area (TPSA) is 75.6 Å². The smallest absolute Gasteiger partial charge is 0.411 e. The van der Waals surface area contributed by atoms with Gasteiger partial charge in [-0.05, 0) is 23.8 Å². The first kappa shape index (κ1) is 13.6. The molecule has 0 atom stereocenters. The van der Waals surface area contributed by atoms with Crippen LogP contribution in [0.2, 0.25) is 0 Å². The summed E-state index contributed by atoms with van der Waals surface area (Å²) in [5, 5.41) is 11.8. The Labute approximate surface area is 115 Å². The van der Waals surface area contributed by atoms with Gasteiger partial charge >= 0.3 is 6.09 Å². The van der Waals surface area contributed by atoms with Gasteiger partial charge in [-0.1, -0.05) is 30.3 Å². The van der Waals surface area contributed by atoms with Gasteiger partial charge in [0, 0.05) is 5.69 Å². The van der Waals surface area contributed by atoms with E-state index in [0.29, 0.717) is 12.0 Å². The first-order valence-electron chi connectivity index (χ1n) is 5.95. The number of rotatable bonds is 4. The maximum absolute atomic E-state index is 11.6. The fraction of sp³-hybridized carbons (Fsp3) is 0.0667. The average Bonchev–Trinajstić information content (AvgIpc) is 2.48. The van der Waals surface area contributed by atoms with Gasteiger partial charge < -0.3 is 9.84 Å². The number of aromatic hydroxyl groups is 1. The maximum atomic E-state index is 11.6. The molecule has 0 fully saturated rings. The summed E-state index contributed by atoms with van der Waals surface area (Å²) in [6.45, 7) is 0.158. The summed E-state index contributed by atoms with van der Waals surface area (Å²) in [5.74, 6) is -0.136. The standard InChI is InChI=1S/C15H13NO4/c17-9-12-8-13(6-7-14(12)18)16-15(19)20-10-11-4-2-1-3-5-11/h1-9,18H,10H2,(H,16,19). The number of benzene rings is 2. The van der Waals surface area contributed by atoms with Crippen LogP contribution in [0.4, 0.5) is 10.5 Å². The summed E-state index contributed by atoms with van der Waals surface area (Å²) in [6.07, 6.45) is -0.119. The van der Waals surface area contributed by atoms with E-state index in [9.17, 15) is 14.7 Å². The Morgan fingerprint density at radius 1 is 1.20 bits per heavy atom. The van der Waals surface area contributed by atoms with E-state index in [4.69, 9.17) is 4.74 Å². The van der Waals surface area contributed by atoms with Crippen LogP contribution < -0.4 is 5.32 Å². The number of nitrogens with one attached hydrogen (secondary N) is 1. The van der Waals surface area contributed by atoms with Crippen LogP contribution in [0.1, 0.15) is 15.9 Å². The van der Waals surface area contributed by atoms with Crippen molar-refractivity contribution >= 4 is 18.1 Å². The molecule has 0 aliphatic heterocycles. The number of amides is 1. The number of carbonyl (C=O) groups is 2. The Morgan fingerprint density at radius 3 is 2.65 bits per heavy atom. The molecule has 102 valence electrons. The van der Waals surface area contributed by atoms with Crippen LogP contribution in [0.25, 0.3) is 0 Å². The van der Waals surface area contributed by atoms with Crippen molar-refractivity contribution in [2.75, 3.05) is 5.32 Å². The second-order valence-corrected chi connectivity index (χ2v) is 4.08. The summed E-state index contributed by atoms with van der Waals surface area (Å²) in [4.78, 5) is 22.3. The third-order valence-electron chi connectivity index (χ3n) is 2.61. The van der Waals surface area contributed by atoms with Crippen LogP contribution in [0.5, 0.6) is 5.75 Å². The highest BCUT2D eigenvalue weighted by atomic mass is 16.5. The van der Waals surface area contributed by atoms with E-state index >= 15 is 0 Å². The quantitative estimate of drug-likeness (QED) is 0.662. The lowest BCUT2D eigenvalue weighted by Gasteiger charge is -2.08. The molecule has 0 unspecified atom stereocenters. The third-order valence-corrected chi connectivity index (χ3v) is 2.61. The average molecular weight is 271 g/mol.